The lowest BCUT2D eigenvalue weighted by molar-refractivity contribution is 0.262. The van der Waals surface area contributed by atoms with Gasteiger partial charge < -0.3 is 15.4 Å². The lowest BCUT2D eigenvalue weighted by Gasteiger charge is -2.10. The molecule has 4 rings (SSSR count). The Kier molecular flexibility index (Phi) is 5.41. The van der Waals surface area contributed by atoms with E-state index in [2.05, 4.69) is 30.3 Å². The normalized spacial score (nSPS) is 11.1. The maximum absolute atomic E-state index is 12.6. The Bertz CT molecular complexity index is 1320. The molecule has 0 bridgehead atoms. The van der Waals surface area contributed by atoms with E-state index < -0.39 is 16.1 Å². The van der Waals surface area contributed by atoms with Crippen LogP contribution in [0.1, 0.15) is 0 Å². The molecule has 1 heterocycles. The number of anilines is 3. The van der Waals surface area contributed by atoms with Crippen LogP contribution < -0.4 is 20.1 Å². The van der Waals surface area contributed by atoms with Crippen LogP contribution in [0.5, 0.6) is 5.75 Å². The molecular formula is C20H17N5O5S. The largest absolute Gasteiger partial charge is 0.497 e. The zero-order valence-corrected chi connectivity index (χ0v) is 17.0. The number of urea groups is 1. The molecule has 31 heavy (non-hydrogen) atoms. The number of hydrogen-bond acceptors (Lipinski definition) is 7. The van der Waals surface area contributed by atoms with Crippen molar-refractivity contribution in [3.63, 3.8) is 0 Å². The molecule has 10 nitrogen and oxygen atoms in total. The summed E-state index contributed by atoms with van der Waals surface area (Å²) in [6.07, 6.45) is 0. The molecule has 0 atom stereocenters. The van der Waals surface area contributed by atoms with Crippen molar-refractivity contribution in [3.8, 4) is 5.75 Å². The number of fused-ring (bicyclic) bond motifs is 1. The third-order valence-electron chi connectivity index (χ3n) is 4.28. The van der Waals surface area contributed by atoms with E-state index in [9.17, 15) is 13.2 Å². The van der Waals surface area contributed by atoms with Gasteiger partial charge in [-0.1, -0.05) is 0 Å². The molecule has 11 heteroatoms. The Hall–Kier alpha value is -4.12. The summed E-state index contributed by atoms with van der Waals surface area (Å²) in [6, 6.07) is 16.7. The van der Waals surface area contributed by atoms with Crippen LogP contribution in [0.15, 0.2) is 76.3 Å². The molecule has 0 fully saturated rings. The SMILES string of the molecule is COc1ccc(NS(=O)(=O)c2ccc(NC(=O)Nc3ccc4nonc4c3)cc2)cc1. The second kappa shape index (κ2) is 8.32. The Balaban J connectivity index is 1.40. The number of benzene rings is 3. The molecule has 0 unspecified atom stereocenters. The molecule has 3 aromatic carbocycles. The molecule has 158 valence electrons. The Morgan fingerprint density at radius 1 is 0.839 bits per heavy atom. The summed E-state index contributed by atoms with van der Waals surface area (Å²) in [6.45, 7) is 0. The van der Waals surface area contributed by atoms with Gasteiger partial charge in [-0.25, -0.2) is 17.8 Å². The second-order valence-corrected chi connectivity index (χ2v) is 8.09. The van der Waals surface area contributed by atoms with Crippen LogP contribution in [-0.4, -0.2) is 31.9 Å². The van der Waals surface area contributed by atoms with E-state index in [-0.39, 0.29) is 4.90 Å². The number of hydrogen-bond donors (Lipinski definition) is 3. The molecule has 0 aliphatic rings. The first kappa shape index (κ1) is 20.2. The van der Waals surface area contributed by atoms with Gasteiger partial charge >= 0.3 is 6.03 Å². The topological polar surface area (TPSA) is 135 Å². The highest BCUT2D eigenvalue weighted by atomic mass is 32.2. The van der Waals surface area contributed by atoms with Crippen LogP contribution >= 0.6 is 0 Å². The molecule has 3 N–H and O–H groups in total. The quantitative estimate of drug-likeness (QED) is 0.417. The molecule has 0 aliphatic carbocycles. The average Bonchev–Trinajstić information content (AvgIpc) is 3.22. The fourth-order valence-corrected chi connectivity index (χ4v) is 3.80. The van der Waals surface area contributed by atoms with Gasteiger partial charge in [0.25, 0.3) is 10.0 Å². The number of amides is 2. The predicted octanol–water partition coefficient (Wildman–Crippen LogP) is 3.68. The minimum Gasteiger partial charge on any atom is -0.497 e. The van der Waals surface area contributed by atoms with Crippen LogP contribution in [0, 0.1) is 0 Å². The number of carbonyl (C=O) groups excluding carboxylic acids is 1. The van der Waals surface area contributed by atoms with Gasteiger partial charge in [0.1, 0.15) is 16.8 Å². The summed E-state index contributed by atoms with van der Waals surface area (Å²) in [5.74, 6) is 0.620. The first-order valence-electron chi connectivity index (χ1n) is 9.00. The number of ether oxygens (including phenoxy) is 1. The van der Waals surface area contributed by atoms with Crippen molar-refractivity contribution < 1.29 is 22.6 Å². The lowest BCUT2D eigenvalue weighted by atomic mass is 10.3. The fourth-order valence-electron chi connectivity index (χ4n) is 2.74. The highest BCUT2D eigenvalue weighted by molar-refractivity contribution is 7.92. The third kappa shape index (κ3) is 4.73. The smallest absolute Gasteiger partial charge is 0.323 e. The van der Waals surface area contributed by atoms with Crippen molar-refractivity contribution >= 4 is 44.1 Å². The second-order valence-electron chi connectivity index (χ2n) is 6.41. The van der Waals surface area contributed by atoms with Gasteiger partial charge in [0.2, 0.25) is 0 Å². The van der Waals surface area contributed by atoms with Gasteiger partial charge in [-0.05, 0) is 77.0 Å². The summed E-state index contributed by atoms with van der Waals surface area (Å²) in [4.78, 5) is 12.3. The number of carbonyl (C=O) groups is 1. The monoisotopic (exact) mass is 439 g/mol. The van der Waals surface area contributed by atoms with Gasteiger partial charge in [0.05, 0.1) is 12.0 Å². The zero-order valence-electron chi connectivity index (χ0n) is 16.2. The third-order valence-corrected chi connectivity index (χ3v) is 5.67. The van der Waals surface area contributed by atoms with Crippen molar-refractivity contribution in [2.45, 2.75) is 4.90 Å². The minimum absolute atomic E-state index is 0.0539. The van der Waals surface area contributed by atoms with Crippen molar-refractivity contribution in [3.05, 3.63) is 66.7 Å². The highest BCUT2D eigenvalue weighted by Crippen LogP contribution is 2.21. The maximum Gasteiger partial charge on any atom is 0.323 e. The molecule has 0 saturated carbocycles. The standard InChI is InChI=1S/C20H17N5O5S/c1-29-16-7-2-14(3-8-16)25-31(27,28)17-9-4-13(5-10-17)21-20(26)22-15-6-11-18-19(12-15)24-30-23-18/h2-12,25H,1H3,(H2,21,22,26). The van der Waals surface area contributed by atoms with E-state index >= 15 is 0 Å². The Morgan fingerprint density at radius 3 is 2.16 bits per heavy atom. The number of nitrogens with zero attached hydrogens (tertiary/aromatic N) is 2. The van der Waals surface area contributed by atoms with Crippen molar-refractivity contribution in [1.82, 2.24) is 10.3 Å². The predicted molar refractivity (Wildman–Crippen MR) is 115 cm³/mol. The van der Waals surface area contributed by atoms with Crippen LogP contribution in [0.2, 0.25) is 0 Å². The van der Waals surface area contributed by atoms with Gasteiger partial charge in [-0.3, -0.25) is 4.72 Å². The fraction of sp³-hybridized carbons (Fsp3) is 0.0500. The van der Waals surface area contributed by atoms with Crippen LogP contribution in [0.4, 0.5) is 21.9 Å². The first-order chi connectivity index (χ1) is 14.9. The summed E-state index contributed by atoms with van der Waals surface area (Å²) in [5.41, 5.74) is 2.41. The molecule has 0 saturated heterocycles. The number of rotatable bonds is 6. The number of sulfonamides is 1. The summed E-state index contributed by atoms with van der Waals surface area (Å²) < 4.78 is 37.3. The summed E-state index contributed by atoms with van der Waals surface area (Å²) in [5, 5.41) is 12.7. The van der Waals surface area contributed by atoms with E-state index in [4.69, 9.17) is 4.74 Å². The zero-order chi connectivity index (χ0) is 21.8. The molecule has 4 aromatic rings. The van der Waals surface area contributed by atoms with E-state index in [0.29, 0.717) is 33.8 Å². The molecule has 2 amide bonds. The summed E-state index contributed by atoms with van der Waals surface area (Å²) >= 11 is 0. The van der Waals surface area contributed by atoms with Crippen molar-refractivity contribution in [2.75, 3.05) is 22.5 Å². The summed E-state index contributed by atoms with van der Waals surface area (Å²) in [7, 11) is -2.25. The number of aromatic nitrogens is 2. The van der Waals surface area contributed by atoms with Gasteiger partial charge in [0.15, 0.2) is 0 Å². The van der Waals surface area contributed by atoms with Crippen molar-refractivity contribution in [2.24, 2.45) is 0 Å². The highest BCUT2D eigenvalue weighted by Gasteiger charge is 2.14. The van der Waals surface area contributed by atoms with Gasteiger partial charge in [0, 0.05) is 17.1 Å². The number of methoxy groups -OCH3 is 1. The van der Waals surface area contributed by atoms with E-state index in [0.717, 1.165) is 0 Å². The Labute approximate surface area is 177 Å². The molecule has 0 radical (unpaired) electrons. The van der Waals surface area contributed by atoms with Gasteiger partial charge in [-0.15, -0.1) is 0 Å². The molecule has 0 aliphatic heterocycles. The first-order valence-corrected chi connectivity index (χ1v) is 10.5. The average molecular weight is 439 g/mol. The minimum atomic E-state index is -3.78. The lowest BCUT2D eigenvalue weighted by Crippen LogP contribution is -2.19. The Morgan fingerprint density at radius 2 is 1.45 bits per heavy atom. The van der Waals surface area contributed by atoms with Crippen molar-refractivity contribution in [1.29, 1.82) is 0 Å². The maximum atomic E-state index is 12.6. The van der Waals surface area contributed by atoms with Gasteiger partial charge in [-0.2, -0.15) is 0 Å². The van der Waals surface area contributed by atoms with E-state index in [1.165, 1.54) is 31.4 Å². The molecule has 0 spiro atoms. The molecular weight excluding hydrogens is 422 g/mol. The molecule has 1 aromatic heterocycles. The van der Waals surface area contributed by atoms with E-state index in [1.54, 1.807) is 42.5 Å². The van der Waals surface area contributed by atoms with Crippen LogP contribution in [0.25, 0.3) is 11.0 Å². The van der Waals surface area contributed by atoms with Crippen LogP contribution in [0.3, 0.4) is 0 Å². The number of nitrogens with one attached hydrogen (secondary N) is 3. The van der Waals surface area contributed by atoms with E-state index in [1.807, 2.05) is 0 Å². The van der Waals surface area contributed by atoms with Crippen LogP contribution in [-0.2, 0) is 10.0 Å².